The number of ether oxygens (including phenoxy) is 1. The number of aromatic nitrogens is 1. The third-order valence-corrected chi connectivity index (χ3v) is 6.86. The lowest BCUT2D eigenvalue weighted by molar-refractivity contribution is 0.227. The molecule has 0 amide bonds. The number of hydrogen-bond donors (Lipinski definition) is 1. The number of likely N-dealkylation sites (N-methyl/N-ethyl adjacent to an activating group) is 1. The number of pyridine rings is 1. The van der Waals surface area contributed by atoms with Gasteiger partial charge in [-0.3, -0.25) is 4.90 Å². The Kier molecular flexibility index (Phi) is 6.39. The van der Waals surface area contributed by atoms with Crippen LogP contribution < -0.4 is 10.5 Å². The lowest BCUT2D eigenvalue weighted by Crippen LogP contribution is -2.37. The molecule has 3 aromatic rings. The van der Waals surface area contributed by atoms with Gasteiger partial charge in [0, 0.05) is 34.9 Å². The molecule has 32 heavy (non-hydrogen) atoms. The van der Waals surface area contributed by atoms with Gasteiger partial charge in [0.05, 0.1) is 16.7 Å². The van der Waals surface area contributed by atoms with Gasteiger partial charge in [-0.25, -0.2) is 9.37 Å². The van der Waals surface area contributed by atoms with Gasteiger partial charge in [-0.15, -0.1) is 0 Å². The van der Waals surface area contributed by atoms with Crippen molar-refractivity contribution >= 4 is 45.6 Å². The second-order valence-electron chi connectivity index (χ2n) is 8.32. The first kappa shape index (κ1) is 22.9. The van der Waals surface area contributed by atoms with Crippen LogP contribution in [-0.2, 0) is 0 Å². The number of anilines is 1. The van der Waals surface area contributed by atoms with Crippen molar-refractivity contribution in [3.63, 3.8) is 0 Å². The largest absolute Gasteiger partial charge is 0.478 e. The summed E-state index contributed by atoms with van der Waals surface area (Å²) in [6.07, 6.45) is 6.07. The molecule has 2 aromatic heterocycles. The number of hydrogen-bond acceptors (Lipinski definition) is 5. The zero-order valence-electron chi connectivity index (χ0n) is 18.5. The van der Waals surface area contributed by atoms with E-state index in [4.69, 9.17) is 38.1 Å². The topological polar surface area (TPSA) is 64.5 Å². The van der Waals surface area contributed by atoms with E-state index in [-0.39, 0.29) is 16.6 Å². The fraction of sp³-hybridized carbons (Fsp3) is 0.375. The van der Waals surface area contributed by atoms with Crippen LogP contribution in [0.5, 0.6) is 5.75 Å². The standard InChI is InChI=1S/C24H26Cl2FN3O2/c1-5-14-8-15(12(2)10-30(14)4)17-11-31-22-16(17)9-29-24(28)23(22)32-13(3)20-18(25)6-7-19(27)21(20)26/h6-9,11-14H,5,10H2,1-4H3,(H2,28,29)/t12?,13-,14?/m1/s1. The Hall–Kier alpha value is -2.28. The predicted octanol–water partition coefficient (Wildman–Crippen LogP) is 6.74. The highest BCUT2D eigenvalue weighted by Crippen LogP contribution is 2.42. The molecule has 0 radical (unpaired) electrons. The average Bonchev–Trinajstić information content (AvgIpc) is 3.17. The maximum Gasteiger partial charge on any atom is 0.205 e. The van der Waals surface area contributed by atoms with E-state index in [1.807, 2.05) is 0 Å². The van der Waals surface area contributed by atoms with Crippen LogP contribution in [0.4, 0.5) is 10.2 Å². The fourth-order valence-corrected chi connectivity index (χ4v) is 5.10. The summed E-state index contributed by atoms with van der Waals surface area (Å²) in [6.45, 7) is 7.06. The van der Waals surface area contributed by atoms with Crippen LogP contribution in [0.25, 0.3) is 16.5 Å². The highest BCUT2D eigenvalue weighted by Gasteiger charge is 2.28. The number of fused-ring (bicyclic) bond motifs is 1. The van der Waals surface area contributed by atoms with Crippen LogP contribution in [0.15, 0.2) is 35.1 Å². The molecule has 1 aliphatic heterocycles. The molecule has 1 aliphatic rings. The van der Waals surface area contributed by atoms with Crippen LogP contribution in [0.1, 0.15) is 44.4 Å². The summed E-state index contributed by atoms with van der Waals surface area (Å²) in [5.41, 5.74) is 9.16. The number of nitrogens with two attached hydrogens (primary N) is 1. The third-order valence-electron chi connectivity index (χ3n) is 6.14. The Morgan fingerprint density at radius 2 is 2.12 bits per heavy atom. The van der Waals surface area contributed by atoms with Gasteiger partial charge in [-0.05, 0) is 44.0 Å². The summed E-state index contributed by atoms with van der Waals surface area (Å²) in [5, 5.41) is 1.04. The van der Waals surface area contributed by atoms with Crippen molar-refractivity contribution in [3.05, 3.63) is 57.7 Å². The van der Waals surface area contributed by atoms with Crippen molar-refractivity contribution in [1.82, 2.24) is 9.88 Å². The maximum atomic E-state index is 14.0. The lowest BCUT2D eigenvalue weighted by Gasteiger charge is -2.34. The summed E-state index contributed by atoms with van der Waals surface area (Å²) in [4.78, 5) is 6.69. The zero-order chi connectivity index (χ0) is 23.2. The Bertz CT molecular complexity index is 1190. The van der Waals surface area contributed by atoms with Gasteiger partial charge in [0.15, 0.2) is 11.4 Å². The van der Waals surface area contributed by atoms with E-state index in [1.165, 1.54) is 17.7 Å². The molecule has 3 atom stereocenters. The molecule has 0 spiro atoms. The van der Waals surface area contributed by atoms with Gasteiger partial charge >= 0.3 is 0 Å². The number of rotatable bonds is 5. The SMILES string of the molecule is CCC1C=C(c2coc3c(O[C@H](C)c4c(Cl)ccc(F)c4Cl)c(N)ncc23)C(C)CN1C. The molecule has 0 bridgehead atoms. The predicted molar refractivity (Wildman–Crippen MR) is 128 cm³/mol. The second kappa shape index (κ2) is 8.93. The zero-order valence-corrected chi connectivity index (χ0v) is 20.0. The quantitative estimate of drug-likeness (QED) is 0.412. The normalized spacial score (nSPS) is 20.4. The number of furan rings is 1. The highest BCUT2D eigenvalue weighted by atomic mass is 35.5. The second-order valence-corrected chi connectivity index (χ2v) is 9.11. The number of benzene rings is 1. The highest BCUT2D eigenvalue weighted by molar-refractivity contribution is 6.36. The summed E-state index contributed by atoms with van der Waals surface area (Å²) in [6, 6.07) is 3.03. The molecule has 8 heteroatoms. The smallest absolute Gasteiger partial charge is 0.205 e. The molecule has 1 aromatic carbocycles. The van der Waals surface area contributed by atoms with E-state index in [9.17, 15) is 4.39 Å². The van der Waals surface area contributed by atoms with Crippen molar-refractivity contribution in [1.29, 1.82) is 0 Å². The van der Waals surface area contributed by atoms with Gasteiger partial charge < -0.3 is 14.9 Å². The molecule has 5 nitrogen and oxygen atoms in total. The van der Waals surface area contributed by atoms with Crippen LogP contribution in [-0.4, -0.2) is 29.5 Å². The van der Waals surface area contributed by atoms with Crippen LogP contribution in [0.2, 0.25) is 10.0 Å². The monoisotopic (exact) mass is 477 g/mol. The van der Waals surface area contributed by atoms with Gasteiger partial charge in [0.2, 0.25) is 5.75 Å². The Morgan fingerprint density at radius 3 is 2.84 bits per heavy atom. The molecule has 0 saturated heterocycles. The minimum atomic E-state index is -0.681. The molecule has 2 unspecified atom stereocenters. The summed E-state index contributed by atoms with van der Waals surface area (Å²) >= 11 is 12.4. The molecule has 3 heterocycles. The number of halogens is 3. The van der Waals surface area contributed by atoms with Crippen LogP contribution in [0, 0.1) is 11.7 Å². The Morgan fingerprint density at radius 1 is 1.38 bits per heavy atom. The average molecular weight is 478 g/mol. The van der Waals surface area contributed by atoms with Crippen molar-refractivity contribution in [2.45, 2.75) is 39.3 Å². The van der Waals surface area contributed by atoms with Gasteiger partial charge in [0.1, 0.15) is 11.9 Å². The molecule has 0 fully saturated rings. The summed E-state index contributed by atoms with van der Waals surface area (Å²) in [7, 11) is 2.14. The first-order chi connectivity index (χ1) is 15.2. The molecular weight excluding hydrogens is 452 g/mol. The summed E-state index contributed by atoms with van der Waals surface area (Å²) < 4.78 is 26.1. The molecule has 170 valence electrons. The van der Waals surface area contributed by atoms with Crippen LogP contribution >= 0.6 is 23.2 Å². The summed E-state index contributed by atoms with van der Waals surface area (Å²) in [5.74, 6) is 0.214. The first-order valence-corrected chi connectivity index (χ1v) is 11.4. The van der Waals surface area contributed by atoms with Crippen molar-refractivity contribution < 1.29 is 13.5 Å². The van der Waals surface area contributed by atoms with E-state index in [0.717, 1.165) is 23.9 Å². The number of nitrogen functional groups attached to an aromatic ring is 1. The fourth-order valence-electron chi connectivity index (χ4n) is 4.42. The van der Waals surface area contributed by atoms with Crippen molar-refractivity contribution in [2.24, 2.45) is 5.92 Å². The molecule has 2 N–H and O–H groups in total. The van der Waals surface area contributed by atoms with Crippen molar-refractivity contribution in [3.8, 4) is 5.75 Å². The third kappa shape index (κ3) is 3.96. The van der Waals surface area contributed by atoms with Gasteiger partial charge in [-0.2, -0.15) is 0 Å². The van der Waals surface area contributed by atoms with E-state index < -0.39 is 11.9 Å². The van der Waals surface area contributed by atoms with Gasteiger partial charge in [-0.1, -0.05) is 43.1 Å². The maximum absolute atomic E-state index is 14.0. The van der Waals surface area contributed by atoms with Crippen molar-refractivity contribution in [2.75, 3.05) is 19.3 Å². The van der Waals surface area contributed by atoms with E-state index in [2.05, 4.69) is 36.9 Å². The van der Waals surface area contributed by atoms with Crippen LogP contribution in [0.3, 0.4) is 0 Å². The first-order valence-electron chi connectivity index (χ1n) is 10.6. The molecule has 0 saturated carbocycles. The van der Waals surface area contributed by atoms with E-state index in [1.54, 1.807) is 19.4 Å². The minimum absolute atomic E-state index is 0.0836. The minimum Gasteiger partial charge on any atom is -0.478 e. The molecule has 0 aliphatic carbocycles. The Labute approximate surface area is 196 Å². The van der Waals surface area contributed by atoms with E-state index in [0.29, 0.717) is 28.1 Å². The lowest BCUT2D eigenvalue weighted by atomic mass is 9.87. The number of nitrogens with zero attached hydrogens (tertiary/aromatic N) is 2. The van der Waals surface area contributed by atoms with E-state index >= 15 is 0 Å². The molecule has 4 rings (SSSR count). The molecular formula is C24H26Cl2FN3O2. The Balaban J connectivity index is 1.76. The van der Waals surface area contributed by atoms with Gasteiger partial charge in [0.25, 0.3) is 0 Å².